The lowest BCUT2D eigenvalue weighted by Gasteiger charge is -2.17. The number of nitrogens with one attached hydrogen (secondary N) is 1. The van der Waals surface area contributed by atoms with Gasteiger partial charge in [0.15, 0.2) is 0 Å². The lowest BCUT2D eigenvalue weighted by Crippen LogP contribution is -2.23. The molecule has 0 bridgehead atoms. The predicted octanol–water partition coefficient (Wildman–Crippen LogP) is 4.74. The summed E-state index contributed by atoms with van der Waals surface area (Å²) in [5.74, 6) is 0.853. The molecule has 1 aliphatic rings. The Bertz CT molecular complexity index is 682. The fourth-order valence-electron chi connectivity index (χ4n) is 2.88. The van der Waals surface area contributed by atoms with E-state index in [0.29, 0.717) is 13.0 Å². The van der Waals surface area contributed by atoms with Crippen molar-refractivity contribution in [2.45, 2.75) is 30.7 Å². The van der Waals surface area contributed by atoms with E-state index in [0.717, 1.165) is 34.3 Å². The van der Waals surface area contributed by atoms with Crippen molar-refractivity contribution in [3.63, 3.8) is 0 Å². The van der Waals surface area contributed by atoms with Crippen molar-refractivity contribution in [2.75, 3.05) is 23.7 Å². The van der Waals surface area contributed by atoms with E-state index in [2.05, 4.69) is 34.5 Å². The summed E-state index contributed by atoms with van der Waals surface area (Å²) in [5.41, 5.74) is 2.42. The van der Waals surface area contributed by atoms with Gasteiger partial charge in [0.05, 0.1) is 0 Å². The molecule has 1 heterocycles. The third-order valence-corrected chi connectivity index (χ3v) is 5.57. The van der Waals surface area contributed by atoms with E-state index < -0.39 is 0 Å². The molecule has 1 aliphatic heterocycles. The maximum atomic E-state index is 12.0. The van der Waals surface area contributed by atoms with Crippen LogP contribution in [0.15, 0.2) is 53.4 Å². The summed E-state index contributed by atoms with van der Waals surface area (Å²) in [6.07, 6.45) is 3.08. The Kier molecular flexibility index (Phi) is 6.65. The third-order valence-electron chi connectivity index (χ3n) is 4.31. The van der Waals surface area contributed by atoms with E-state index in [1.165, 1.54) is 18.5 Å². The maximum Gasteiger partial charge on any atom is 0.221 e. The van der Waals surface area contributed by atoms with Crippen molar-refractivity contribution < 1.29 is 4.79 Å². The first-order chi connectivity index (χ1) is 12.2. The van der Waals surface area contributed by atoms with E-state index in [9.17, 15) is 4.79 Å². The lowest BCUT2D eigenvalue weighted by molar-refractivity contribution is -0.120. The predicted molar refractivity (Wildman–Crippen MR) is 107 cm³/mol. The average Bonchev–Trinajstić information content (AvgIpc) is 3.17. The Balaban J connectivity index is 1.37. The van der Waals surface area contributed by atoms with Crippen LogP contribution < -0.4 is 10.2 Å². The molecule has 1 saturated heterocycles. The normalized spacial score (nSPS) is 13.9. The fraction of sp³-hybridized carbons (Fsp3) is 0.350. The molecule has 0 unspecified atom stereocenters. The second kappa shape index (κ2) is 9.16. The van der Waals surface area contributed by atoms with Gasteiger partial charge in [-0.2, -0.15) is 0 Å². The molecule has 2 aromatic rings. The van der Waals surface area contributed by atoms with Gasteiger partial charge in [-0.25, -0.2) is 0 Å². The molecular formula is C20H23ClN2OS. The van der Waals surface area contributed by atoms with Crippen molar-refractivity contribution in [3.05, 3.63) is 59.1 Å². The van der Waals surface area contributed by atoms with Crippen LogP contribution in [0.1, 0.15) is 24.8 Å². The Labute approximate surface area is 158 Å². The van der Waals surface area contributed by atoms with Crippen LogP contribution in [0.25, 0.3) is 0 Å². The number of halogens is 1. The highest BCUT2D eigenvalue weighted by molar-refractivity contribution is 7.99. The van der Waals surface area contributed by atoms with Crippen LogP contribution in [-0.4, -0.2) is 24.7 Å². The summed E-state index contributed by atoms with van der Waals surface area (Å²) in [7, 11) is 0. The van der Waals surface area contributed by atoms with Crippen LogP contribution >= 0.6 is 23.4 Å². The van der Waals surface area contributed by atoms with Gasteiger partial charge in [-0.05, 0) is 54.8 Å². The monoisotopic (exact) mass is 374 g/mol. The van der Waals surface area contributed by atoms with Gasteiger partial charge in [0.25, 0.3) is 0 Å². The van der Waals surface area contributed by atoms with Gasteiger partial charge >= 0.3 is 0 Å². The molecule has 132 valence electrons. The van der Waals surface area contributed by atoms with Crippen LogP contribution in [0.4, 0.5) is 5.69 Å². The molecule has 3 rings (SSSR count). The van der Waals surface area contributed by atoms with Gasteiger partial charge in [0.2, 0.25) is 5.91 Å². The van der Waals surface area contributed by atoms with Crippen molar-refractivity contribution >= 4 is 35.0 Å². The number of amides is 1. The summed E-state index contributed by atoms with van der Waals surface area (Å²) in [6, 6.07) is 16.2. The maximum absolute atomic E-state index is 12.0. The Hall–Kier alpha value is -1.65. The van der Waals surface area contributed by atoms with Gasteiger partial charge in [0.1, 0.15) is 0 Å². The summed E-state index contributed by atoms with van der Waals surface area (Å²) in [5, 5.41) is 3.73. The average molecular weight is 375 g/mol. The van der Waals surface area contributed by atoms with Crippen LogP contribution in [0.2, 0.25) is 5.02 Å². The van der Waals surface area contributed by atoms with E-state index in [1.807, 2.05) is 24.3 Å². The zero-order valence-corrected chi connectivity index (χ0v) is 15.8. The molecule has 1 fully saturated rings. The topological polar surface area (TPSA) is 32.3 Å². The second-order valence-corrected chi connectivity index (χ2v) is 7.79. The molecule has 0 radical (unpaired) electrons. The molecule has 5 heteroatoms. The number of carbonyl (C=O) groups excluding carboxylic acids is 1. The Morgan fingerprint density at radius 2 is 1.72 bits per heavy atom. The number of nitrogens with zero attached hydrogens (tertiary/aromatic N) is 1. The molecule has 0 aromatic heterocycles. The summed E-state index contributed by atoms with van der Waals surface area (Å²) in [6.45, 7) is 2.90. The van der Waals surface area contributed by atoms with Crippen LogP contribution in [0.5, 0.6) is 0 Å². The molecular weight excluding hydrogens is 352 g/mol. The molecule has 25 heavy (non-hydrogen) atoms. The molecule has 1 N–H and O–H groups in total. The van der Waals surface area contributed by atoms with Crippen molar-refractivity contribution in [2.24, 2.45) is 0 Å². The summed E-state index contributed by atoms with van der Waals surface area (Å²) >= 11 is 7.54. The first-order valence-electron chi connectivity index (χ1n) is 8.70. The quantitative estimate of drug-likeness (QED) is 0.710. The highest BCUT2D eigenvalue weighted by Crippen LogP contribution is 2.21. The highest BCUT2D eigenvalue weighted by Gasteiger charge is 2.11. The lowest BCUT2D eigenvalue weighted by atomic mass is 10.2. The second-order valence-electron chi connectivity index (χ2n) is 6.19. The van der Waals surface area contributed by atoms with Gasteiger partial charge < -0.3 is 10.2 Å². The Morgan fingerprint density at radius 1 is 1.04 bits per heavy atom. The number of carbonyl (C=O) groups is 1. The van der Waals surface area contributed by atoms with Gasteiger partial charge in [0, 0.05) is 47.4 Å². The van der Waals surface area contributed by atoms with E-state index >= 15 is 0 Å². The largest absolute Gasteiger partial charge is 0.372 e. The van der Waals surface area contributed by atoms with Crippen LogP contribution in [-0.2, 0) is 11.3 Å². The number of benzene rings is 2. The first kappa shape index (κ1) is 18.2. The van der Waals surface area contributed by atoms with Crippen LogP contribution in [0, 0.1) is 0 Å². The van der Waals surface area contributed by atoms with Crippen molar-refractivity contribution in [3.8, 4) is 0 Å². The number of rotatable bonds is 7. The van der Waals surface area contributed by atoms with E-state index in [1.54, 1.807) is 11.8 Å². The third kappa shape index (κ3) is 5.68. The molecule has 3 nitrogen and oxygen atoms in total. The standard InChI is InChI=1S/C20H23ClN2OS/c21-17-5-9-19(10-6-17)25-14-11-20(24)22-15-16-3-7-18(8-4-16)23-12-1-2-13-23/h3-10H,1-2,11-15H2,(H,22,24). The molecule has 0 aliphatic carbocycles. The van der Waals surface area contributed by atoms with Crippen LogP contribution in [0.3, 0.4) is 0 Å². The Morgan fingerprint density at radius 3 is 2.40 bits per heavy atom. The first-order valence-corrected chi connectivity index (χ1v) is 10.1. The summed E-state index contributed by atoms with van der Waals surface area (Å²) < 4.78 is 0. The molecule has 0 spiro atoms. The number of thioether (sulfide) groups is 1. The minimum absolute atomic E-state index is 0.0880. The SMILES string of the molecule is O=C(CCSc1ccc(Cl)cc1)NCc1ccc(N2CCCC2)cc1. The minimum atomic E-state index is 0.0880. The summed E-state index contributed by atoms with van der Waals surface area (Å²) in [4.78, 5) is 15.5. The fourth-order valence-corrected chi connectivity index (χ4v) is 3.86. The smallest absolute Gasteiger partial charge is 0.221 e. The van der Waals surface area contributed by atoms with Gasteiger partial charge in [-0.15, -0.1) is 11.8 Å². The van der Waals surface area contributed by atoms with Gasteiger partial charge in [-0.3, -0.25) is 4.79 Å². The molecule has 2 aromatic carbocycles. The van der Waals surface area contributed by atoms with E-state index in [4.69, 9.17) is 11.6 Å². The molecule has 1 amide bonds. The number of anilines is 1. The number of hydrogen-bond acceptors (Lipinski definition) is 3. The highest BCUT2D eigenvalue weighted by atomic mass is 35.5. The van der Waals surface area contributed by atoms with E-state index in [-0.39, 0.29) is 5.91 Å². The molecule has 0 atom stereocenters. The minimum Gasteiger partial charge on any atom is -0.372 e. The number of hydrogen-bond donors (Lipinski definition) is 1. The van der Waals surface area contributed by atoms with Crippen molar-refractivity contribution in [1.29, 1.82) is 0 Å². The van der Waals surface area contributed by atoms with Crippen molar-refractivity contribution in [1.82, 2.24) is 5.32 Å². The zero-order chi connectivity index (χ0) is 17.5. The zero-order valence-electron chi connectivity index (χ0n) is 14.2. The molecule has 0 saturated carbocycles. The van der Waals surface area contributed by atoms with Gasteiger partial charge in [-0.1, -0.05) is 23.7 Å².